The van der Waals surface area contributed by atoms with Crippen LogP contribution in [0.1, 0.15) is 97.8 Å². The Morgan fingerprint density at radius 3 is 1.77 bits per heavy atom. The van der Waals surface area contributed by atoms with Crippen LogP contribution in [0.25, 0.3) is 0 Å². The molecular weight excluding hydrogens is 382 g/mol. The quantitative estimate of drug-likeness (QED) is 0.128. The first-order valence-electron chi connectivity index (χ1n) is 12.4. The number of hydrogen-bond donors (Lipinski definition) is 2. The Balaban J connectivity index is 4.15. The van der Waals surface area contributed by atoms with Gasteiger partial charge in [0.05, 0.1) is 5.60 Å². The van der Waals surface area contributed by atoms with Crippen molar-refractivity contribution in [2.24, 2.45) is 0 Å². The van der Waals surface area contributed by atoms with Crippen molar-refractivity contribution in [2.75, 3.05) is 6.54 Å². The molecule has 0 bridgehead atoms. The molecule has 0 heterocycles. The minimum absolute atomic E-state index is 0.116. The number of unbranched alkanes of at least 4 members (excludes halogenated alkanes) is 6. The van der Waals surface area contributed by atoms with Crippen LogP contribution in [0.4, 0.5) is 0 Å². The molecule has 1 amide bonds. The molecule has 3 nitrogen and oxygen atoms in total. The fraction of sp³-hybridized carbons (Fsp3) is 0.607. The Kier molecular flexibility index (Phi) is 20.1. The maximum atomic E-state index is 12.1. The highest BCUT2D eigenvalue weighted by Gasteiger charge is 2.26. The zero-order chi connectivity index (χ0) is 23.0. The largest absolute Gasteiger partial charge is 0.388 e. The lowest BCUT2D eigenvalue weighted by molar-refractivity contribution is -0.118. The number of nitrogens with one attached hydrogen (secondary N) is 1. The first kappa shape index (κ1) is 29.1. The second-order valence-corrected chi connectivity index (χ2v) is 8.25. The third kappa shape index (κ3) is 19.8. The van der Waals surface area contributed by atoms with E-state index in [1.165, 1.54) is 6.42 Å². The normalized spacial score (nSPS) is 13.0. The van der Waals surface area contributed by atoms with Gasteiger partial charge >= 0.3 is 0 Å². The highest BCUT2D eigenvalue weighted by molar-refractivity contribution is 5.87. The van der Waals surface area contributed by atoms with Crippen molar-refractivity contribution in [3.05, 3.63) is 60.8 Å². The highest BCUT2D eigenvalue weighted by Crippen LogP contribution is 2.22. The van der Waals surface area contributed by atoms with Gasteiger partial charge < -0.3 is 10.4 Å². The summed E-state index contributed by atoms with van der Waals surface area (Å²) in [6.07, 6.45) is 32.0. The maximum Gasteiger partial charge on any atom is 0.243 e. The van der Waals surface area contributed by atoms with Crippen LogP contribution >= 0.6 is 0 Å². The van der Waals surface area contributed by atoms with Crippen LogP contribution in [-0.4, -0.2) is 23.2 Å². The summed E-state index contributed by atoms with van der Waals surface area (Å²) in [5.74, 6) is -0.116. The summed E-state index contributed by atoms with van der Waals surface area (Å²) in [6.45, 7) is 6.84. The molecule has 2 N–H and O–H groups in total. The van der Waals surface area contributed by atoms with E-state index in [4.69, 9.17) is 0 Å². The zero-order valence-corrected chi connectivity index (χ0v) is 20.3. The van der Waals surface area contributed by atoms with Crippen molar-refractivity contribution in [3.63, 3.8) is 0 Å². The fourth-order valence-corrected chi connectivity index (χ4v) is 3.18. The molecule has 0 aromatic heterocycles. The molecule has 0 aromatic rings. The Morgan fingerprint density at radius 2 is 1.23 bits per heavy atom. The van der Waals surface area contributed by atoms with Gasteiger partial charge in [-0.25, -0.2) is 0 Å². The van der Waals surface area contributed by atoms with Gasteiger partial charge in [0.15, 0.2) is 0 Å². The van der Waals surface area contributed by atoms with E-state index in [0.29, 0.717) is 6.54 Å². The molecule has 31 heavy (non-hydrogen) atoms. The molecule has 0 atom stereocenters. The molecule has 0 aliphatic carbocycles. The van der Waals surface area contributed by atoms with Crippen molar-refractivity contribution in [1.29, 1.82) is 0 Å². The van der Waals surface area contributed by atoms with Crippen molar-refractivity contribution >= 4 is 5.91 Å². The van der Waals surface area contributed by atoms with Crippen molar-refractivity contribution in [1.82, 2.24) is 5.32 Å². The second-order valence-electron chi connectivity index (χ2n) is 8.25. The number of carbonyl (C=O) groups excluding carboxylic acids is 1. The third-order valence-corrected chi connectivity index (χ3v) is 5.14. The maximum absolute atomic E-state index is 12.1. The van der Waals surface area contributed by atoms with E-state index in [0.717, 1.165) is 70.6 Å². The van der Waals surface area contributed by atoms with E-state index in [9.17, 15) is 9.90 Å². The van der Waals surface area contributed by atoms with Gasteiger partial charge in [-0.15, -0.1) is 0 Å². The summed E-state index contributed by atoms with van der Waals surface area (Å²) in [5, 5.41) is 13.8. The lowest BCUT2D eigenvalue weighted by Gasteiger charge is -2.28. The van der Waals surface area contributed by atoms with E-state index in [-0.39, 0.29) is 5.91 Å². The molecule has 0 aromatic carbocycles. The molecule has 0 saturated heterocycles. The Labute approximate surface area is 192 Å². The van der Waals surface area contributed by atoms with E-state index in [1.54, 1.807) is 6.08 Å². The van der Waals surface area contributed by atoms with E-state index in [1.807, 2.05) is 36.5 Å². The predicted octanol–water partition coefficient (Wildman–Crippen LogP) is 7.36. The van der Waals surface area contributed by atoms with Gasteiger partial charge in [0, 0.05) is 6.54 Å². The molecule has 3 heteroatoms. The summed E-state index contributed by atoms with van der Waals surface area (Å²) in [4.78, 5) is 12.1. The molecule has 0 rings (SSSR count). The second kappa shape index (κ2) is 21.4. The minimum atomic E-state index is -0.775. The zero-order valence-electron chi connectivity index (χ0n) is 20.3. The monoisotopic (exact) mass is 429 g/mol. The van der Waals surface area contributed by atoms with Crippen LogP contribution in [0.2, 0.25) is 0 Å². The van der Waals surface area contributed by atoms with E-state index in [2.05, 4.69) is 44.3 Å². The number of rotatable bonds is 19. The van der Waals surface area contributed by atoms with E-state index >= 15 is 0 Å². The standard InChI is InChI=1S/C28H47NO2/c1-4-7-10-11-12-13-14-15-16-17-18-19-20-23-27(30)29-26-28(31,24-21-8-5-2)25-22-9-6-3/h10-17,20,23,31H,4-9,18-19,21-22,24-26H2,1-3H3,(H,29,30). The van der Waals surface area contributed by atoms with Gasteiger partial charge in [0.2, 0.25) is 5.91 Å². The van der Waals surface area contributed by atoms with Crippen molar-refractivity contribution in [3.8, 4) is 0 Å². The summed E-state index contributed by atoms with van der Waals surface area (Å²) >= 11 is 0. The van der Waals surface area contributed by atoms with Crippen LogP contribution < -0.4 is 5.32 Å². The van der Waals surface area contributed by atoms with Gasteiger partial charge in [-0.05, 0) is 38.2 Å². The minimum Gasteiger partial charge on any atom is -0.388 e. The Hall–Kier alpha value is -1.87. The molecule has 176 valence electrons. The van der Waals surface area contributed by atoms with Crippen LogP contribution in [0.5, 0.6) is 0 Å². The first-order valence-corrected chi connectivity index (χ1v) is 12.4. The van der Waals surface area contributed by atoms with E-state index < -0.39 is 5.60 Å². The van der Waals surface area contributed by atoms with Crippen LogP contribution in [0.3, 0.4) is 0 Å². The average Bonchev–Trinajstić information content (AvgIpc) is 2.76. The number of aliphatic hydroxyl groups is 1. The molecule has 0 spiro atoms. The Bertz CT molecular complexity index is 560. The molecule has 0 fully saturated rings. The molecule has 0 unspecified atom stereocenters. The lowest BCUT2D eigenvalue weighted by atomic mass is 9.90. The highest BCUT2D eigenvalue weighted by atomic mass is 16.3. The predicted molar refractivity (Wildman–Crippen MR) is 136 cm³/mol. The number of hydrogen-bond acceptors (Lipinski definition) is 2. The van der Waals surface area contributed by atoms with Crippen LogP contribution in [0.15, 0.2) is 60.8 Å². The summed E-state index contributed by atoms with van der Waals surface area (Å²) in [7, 11) is 0. The average molecular weight is 430 g/mol. The number of carbonyl (C=O) groups is 1. The van der Waals surface area contributed by atoms with Gasteiger partial charge in [-0.3, -0.25) is 4.79 Å². The molecule has 0 aliphatic heterocycles. The SMILES string of the molecule is CCCC=CC=CC=CC=CCCC=CC(=O)NCC(O)(CCCCC)CCCCC. The number of amides is 1. The summed E-state index contributed by atoms with van der Waals surface area (Å²) in [6, 6.07) is 0. The lowest BCUT2D eigenvalue weighted by Crippen LogP contribution is -2.42. The fourth-order valence-electron chi connectivity index (χ4n) is 3.18. The smallest absolute Gasteiger partial charge is 0.243 e. The summed E-state index contributed by atoms with van der Waals surface area (Å²) in [5.41, 5.74) is -0.775. The van der Waals surface area contributed by atoms with Crippen LogP contribution in [-0.2, 0) is 4.79 Å². The topological polar surface area (TPSA) is 49.3 Å². The first-order chi connectivity index (χ1) is 15.1. The Morgan fingerprint density at radius 1 is 0.710 bits per heavy atom. The van der Waals surface area contributed by atoms with Crippen molar-refractivity contribution in [2.45, 2.75) is 103 Å². The van der Waals surface area contributed by atoms with Crippen molar-refractivity contribution < 1.29 is 9.90 Å². The molecular formula is C28H47NO2. The molecule has 0 radical (unpaired) electrons. The summed E-state index contributed by atoms with van der Waals surface area (Å²) < 4.78 is 0. The third-order valence-electron chi connectivity index (χ3n) is 5.14. The van der Waals surface area contributed by atoms with Gasteiger partial charge in [-0.1, -0.05) is 120 Å². The van der Waals surface area contributed by atoms with Crippen LogP contribution in [0, 0.1) is 0 Å². The molecule has 0 aliphatic rings. The van der Waals surface area contributed by atoms with Gasteiger partial charge in [0.25, 0.3) is 0 Å². The van der Waals surface area contributed by atoms with Gasteiger partial charge in [-0.2, -0.15) is 0 Å². The molecule has 0 saturated carbocycles. The van der Waals surface area contributed by atoms with Gasteiger partial charge in [0.1, 0.15) is 0 Å². The number of allylic oxidation sites excluding steroid dienone is 9.